The number of rotatable bonds is 0. The molecule has 0 spiro atoms. The molecule has 0 N–H and O–H groups in total. The van der Waals surface area contributed by atoms with Crippen molar-refractivity contribution >= 4 is 5.78 Å². The molecule has 90 valence electrons. The van der Waals surface area contributed by atoms with Crippen LogP contribution in [-0.2, 0) is 5.60 Å². The van der Waals surface area contributed by atoms with E-state index in [0.29, 0.717) is 11.1 Å². The Kier molecular flexibility index (Phi) is 4.45. The molecule has 19 heavy (non-hydrogen) atoms. The predicted molar refractivity (Wildman–Crippen MR) is 68.2 cm³/mol. The second-order valence-electron chi connectivity index (χ2n) is 4.92. The van der Waals surface area contributed by atoms with Crippen LogP contribution in [0.3, 0.4) is 0 Å². The van der Waals surface area contributed by atoms with E-state index in [-0.39, 0.29) is 63.6 Å². The third-order valence-corrected chi connectivity index (χ3v) is 3.51. The summed E-state index contributed by atoms with van der Waals surface area (Å²) in [7, 11) is 0. The molecule has 2 nitrogen and oxygen atoms in total. The van der Waals surface area contributed by atoms with Gasteiger partial charge in [-0.15, -0.1) is 0 Å². The van der Waals surface area contributed by atoms with Crippen LogP contribution in [0.25, 0.3) is 11.1 Å². The Hall–Kier alpha value is -0.294. The molecule has 1 aliphatic carbocycles. The van der Waals surface area contributed by atoms with Gasteiger partial charge in [-0.2, -0.15) is 0 Å². The molecule has 0 aromatic heterocycles. The van der Waals surface area contributed by atoms with Gasteiger partial charge in [0.25, 0.3) is 0 Å². The molecule has 3 heteroatoms. The summed E-state index contributed by atoms with van der Waals surface area (Å²) in [6.45, 7) is 1.59. The van der Waals surface area contributed by atoms with Gasteiger partial charge < -0.3 is 5.11 Å². The average Bonchev–Trinajstić information content (AvgIpc) is 2.45. The van der Waals surface area contributed by atoms with Gasteiger partial charge in [-0.3, -0.25) is 4.79 Å². The van der Waals surface area contributed by atoms with Gasteiger partial charge in [-0.05, 0) is 11.1 Å². The molecule has 2 aromatic carbocycles. The second-order valence-corrected chi connectivity index (χ2v) is 4.92. The zero-order valence-electron chi connectivity index (χ0n) is 11.1. The van der Waals surface area contributed by atoms with Crippen molar-refractivity contribution in [2.24, 2.45) is 0 Å². The SMILES string of the molecule is CC1([O-])CC(=O)c2ccccc2-c2ccccc21.[K+]. The molecular weight excluding hydrogens is 263 g/mol. The average molecular weight is 276 g/mol. The van der Waals surface area contributed by atoms with Gasteiger partial charge in [0.2, 0.25) is 0 Å². The van der Waals surface area contributed by atoms with Crippen molar-refractivity contribution in [2.45, 2.75) is 18.9 Å². The minimum atomic E-state index is -1.35. The molecule has 3 rings (SSSR count). The van der Waals surface area contributed by atoms with Crippen LogP contribution in [0.2, 0.25) is 0 Å². The third-order valence-electron chi connectivity index (χ3n) is 3.51. The molecule has 0 amide bonds. The van der Waals surface area contributed by atoms with Crippen molar-refractivity contribution < 1.29 is 61.3 Å². The number of benzene rings is 2. The molecule has 0 radical (unpaired) electrons. The number of ketones is 1. The van der Waals surface area contributed by atoms with E-state index < -0.39 is 5.60 Å². The van der Waals surface area contributed by atoms with Gasteiger partial charge in [-0.1, -0.05) is 66.6 Å². The van der Waals surface area contributed by atoms with E-state index in [4.69, 9.17) is 0 Å². The van der Waals surface area contributed by atoms with E-state index >= 15 is 0 Å². The summed E-state index contributed by atoms with van der Waals surface area (Å²) < 4.78 is 0. The van der Waals surface area contributed by atoms with Crippen molar-refractivity contribution in [3.63, 3.8) is 0 Å². The monoisotopic (exact) mass is 276 g/mol. The standard InChI is InChI=1S/C16H13O2.K/c1-16(18)10-15(17)13-8-3-2-6-11(13)12-7-4-5-9-14(12)16;/h2-9H,10H2,1H3;/q-1;+1. The van der Waals surface area contributed by atoms with Gasteiger partial charge in [0.15, 0.2) is 5.78 Å². The quantitative estimate of drug-likeness (QED) is 0.610. The zero-order valence-corrected chi connectivity index (χ0v) is 14.3. The first kappa shape index (κ1) is 15.1. The number of Topliss-reactive ketones (excluding diaryl/α,β-unsaturated/α-hetero) is 1. The fourth-order valence-corrected chi connectivity index (χ4v) is 2.64. The molecule has 1 unspecified atom stereocenters. The van der Waals surface area contributed by atoms with Crippen LogP contribution in [0.5, 0.6) is 0 Å². The van der Waals surface area contributed by atoms with Crippen LogP contribution in [0.1, 0.15) is 29.3 Å². The molecule has 2 aromatic rings. The predicted octanol–water partition coefficient (Wildman–Crippen LogP) is -0.480. The summed E-state index contributed by atoms with van der Waals surface area (Å²) in [6, 6.07) is 15.0. The summed E-state index contributed by atoms with van der Waals surface area (Å²) in [5, 5.41) is 12.6. The van der Waals surface area contributed by atoms with Crippen LogP contribution < -0.4 is 56.5 Å². The van der Waals surface area contributed by atoms with E-state index in [1.54, 1.807) is 13.0 Å². The van der Waals surface area contributed by atoms with Crippen LogP contribution in [0.4, 0.5) is 0 Å². The topological polar surface area (TPSA) is 40.1 Å². The van der Waals surface area contributed by atoms with Gasteiger partial charge in [0.05, 0.1) is 0 Å². The molecular formula is C16H13KO2. The maximum Gasteiger partial charge on any atom is 1.00 e. The fourth-order valence-electron chi connectivity index (χ4n) is 2.64. The molecule has 0 aliphatic heterocycles. The molecule has 1 atom stereocenters. The first-order valence-electron chi connectivity index (χ1n) is 6.02. The Bertz CT molecular complexity index is 632. The van der Waals surface area contributed by atoms with Crippen molar-refractivity contribution in [3.8, 4) is 11.1 Å². The molecule has 0 saturated heterocycles. The fraction of sp³-hybridized carbons (Fsp3) is 0.188. The minimum absolute atomic E-state index is 0. The Morgan fingerprint density at radius 2 is 1.47 bits per heavy atom. The van der Waals surface area contributed by atoms with Crippen LogP contribution in [-0.4, -0.2) is 5.78 Å². The molecule has 0 heterocycles. The summed E-state index contributed by atoms with van der Waals surface area (Å²) in [6.07, 6.45) is 0.0149. The van der Waals surface area contributed by atoms with E-state index in [1.165, 1.54) is 0 Å². The smallest absolute Gasteiger partial charge is 0.846 e. The van der Waals surface area contributed by atoms with Gasteiger partial charge in [-0.25, -0.2) is 0 Å². The molecule has 0 fully saturated rings. The van der Waals surface area contributed by atoms with E-state index in [1.807, 2.05) is 42.5 Å². The Morgan fingerprint density at radius 3 is 2.16 bits per heavy atom. The Morgan fingerprint density at radius 1 is 0.947 bits per heavy atom. The summed E-state index contributed by atoms with van der Waals surface area (Å²) in [5.41, 5.74) is 1.77. The van der Waals surface area contributed by atoms with Crippen molar-refractivity contribution in [1.82, 2.24) is 0 Å². The Balaban J connectivity index is 0.00000133. The largest absolute Gasteiger partial charge is 1.00 e. The normalized spacial score (nSPS) is 20.8. The third kappa shape index (κ3) is 2.64. The Labute approximate surface area is 155 Å². The van der Waals surface area contributed by atoms with Crippen LogP contribution in [0.15, 0.2) is 48.5 Å². The summed E-state index contributed by atoms with van der Waals surface area (Å²) >= 11 is 0. The van der Waals surface area contributed by atoms with E-state index in [2.05, 4.69) is 0 Å². The van der Waals surface area contributed by atoms with Crippen molar-refractivity contribution in [2.75, 3.05) is 0 Å². The molecule has 0 bridgehead atoms. The summed E-state index contributed by atoms with van der Waals surface area (Å²) in [5.74, 6) is -0.0701. The van der Waals surface area contributed by atoms with Crippen LogP contribution in [0, 0.1) is 0 Å². The van der Waals surface area contributed by atoms with Crippen molar-refractivity contribution in [1.29, 1.82) is 0 Å². The number of hydrogen-bond acceptors (Lipinski definition) is 2. The first-order valence-corrected chi connectivity index (χ1v) is 6.02. The maximum absolute atomic E-state index is 12.6. The molecule has 1 aliphatic rings. The maximum atomic E-state index is 12.6. The number of hydrogen-bond donors (Lipinski definition) is 0. The number of fused-ring (bicyclic) bond motifs is 3. The summed E-state index contributed by atoms with van der Waals surface area (Å²) in [4.78, 5) is 12.2. The second kappa shape index (κ2) is 5.60. The minimum Gasteiger partial charge on any atom is -0.846 e. The molecule has 0 saturated carbocycles. The van der Waals surface area contributed by atoms with E-state index in [9.17, 15) is 9.90 Å². The number of carbonyl (C=O) groups excluding carboxylic acids is 1. The zero-order chi connectivity index (χ0) is 12.8. The van der Waals surface area contributed by atoms with Crippen molar-refractivity contribution in [3.05, 3.63) is 59.7 Å². The first-order chi connectivity index (χ1) is 8.59. The van der Waals surface area contributed by atoms with E-state index in [0.717, 1.165) is 11.1 Å². The number of carbonyl (C=O) groups is 1. The van der Waals surface area contributed by atoms with Gasteiger partial charge in [0.1, 0.15) is 0 Å². The van der Waals surface area contributed by atoms with Gasteiger partial charge >= 0.3 is 51.4 Å². The van der Waals surface area contributed by atoms with Gasteiger partial charge in [0, 0.05) is 12.0 Å². The van der Waals surface area contributed by atoms with Crippen LogP contribution >= 0.6 is 0 Å².